The number of likely N-dealkylation sites (N-methyl/N-ethyl adjacent to an activating group) is 3. The highest BCUT2D eigenvalue weighted by atomic mass is 127. The summed E-state index contributed by atoms with van der Waals surface area (Å²) in [5, 5.41) is 8.85. The monoisotopic (exact) mass is 1570 g/mol. The lowest BCUT2D eigenvalue weighted by Gasteiger charge is -2.20. The molecular weight excluding hydrogens is 1500 g/mol. The average Bonchev–Trinajstić information content (AvgIpc) is 2.67. The Morgan fingerprint density at radius 2 is 0.811 bits per heavy atom. The van der Waals surface area contributed by atoms with E-state index in [0.717, 1.165) is 76.1 Å². The summed E-state index contributed by atoms with van der Waals surface area (Å²) in [5.41, 5.74) is 9.03. The molecule has 0 bridgehead atoms. The van der Waals surface area contributed by atoms with Gasteiger partial charge in [-0.1, -0.05) is 39.0 Å². The van der Waals surface area contributed by atoms with Crippen LogP contribution in [0.1, 0.15) is 59.2 Å². The Bertz CT molecular complexity index is 3580. The predicted octanol–water partition coefficient (Wildman–Crippen LogP) is 10.9. The maximum absolute atomic E-state index is 13.5. The molecule has 0 radical (unpaired) electrons. The molecule has 4 N–H and O–H groups in total. The number of esters is 1. The Morgan fingerprint density at radius 3 is 1.14 bits per heavy atom. The first-order chi connectivity index (χ1) is 43.6. The van der Waals surface area contributed by atoms with E-state index in [9.17, 15) is 27.6 Å². The third-order valence-electron chi connectivity index (χ3n) is 13.3. The van der Waals surface area contributed by atoms with Gasteiger partial charge in [-0.2, -0.15) is 13.2 Å². The van der Waals surface area contributed by atoms with Gasteiger partial charge in [0.2, 0.25) is 0 Å². The van der Waals surface area contributed by atoms with Gasteiger partial charge in [-0.25, -0.2) is 34.7 Å². The summed E-state index contributed by atoms with van der Waals surface area (Å²) in [6.45, 7) is 17.6. The van der Waals surface area contributed by atoms with Crippen molar-refractivity contribution in [1.82, 2.24) is 55.2 Å². The number of nitrogens with zero attached hydrogens (tertiary/aromatic N) is 9. The van der Waals surface area contributed by atoms with Crippen LogP contribution in [0.3, 0.4) is 0 Å². The second-order valence-corrected chi connectivity index (χ2v) is 23.1. The maximum atomic E-state index is 13.5. The predicted molar refractivity (Wildman–Crippen MR) is 368 cm³/mol. The molecule has 0 aliphatic rings. The van der Waals surface area contributed by atoms with E-state index < -0.39 is 17.8 Å². The SMILES string of the molecule is CCN(CCN)CCOc1cccnc1F.CCN(CCNC(=O)c1ccc2cc(I)ccc2n1)CCOc1cccnc1F.CCN(CCNC(=O)c1ccc2cc(I)ccc2n1)CCOc1cccnc1F.CCOC(=O)c1ccc2cc(I)ccc2n1. The summed E-state index contributed by atoms with van der Waals surface area (Å²) in [4.78, 5) is 66.4. The first-order valence-electron chi connectivity index (χ1n) is 29.1. The van der Waals surface area contributed by atoms with Crippen molar-refractivity contribution < 1.29 is 46.5 Å². The van der Waals surface area contributed by atoms with Gasteiger partial charge in [0, 0.05) is 104 Å². The third-order valence-corrected chi connectivity index (χ3v) is 15.3. The van der Waals surface area contributed by atoms with E-state index in [4.69, 9.17) is 24.7 Å². The molecule has 3 aromatic carbocycles. The van der Waals surface area contributed by atoms with E-state index in [-0.39, 0.29) is 35.0 Å². The number of benzene rings is 3. The normalized spacial score (nSPS) is 10.9. The molecule has 0 saturated carbocycles. The summed E-state index contributed by atoms with van der Waals surface area (Å²) in [7, 11) is 0. The number of nitrogens with one attached hydrogen (secondary N) is 2. The standard InChI is InChI=1S/2C21H22FIN4O2.C12H10INO2.C11H18FN3O/c2*1-2-27(12-13-29-19-4-3-9-24-20(19)22)11-10-25-21(28)18-7-5-15-14-16(23)6-8-17(15)26-18;1-2-16-12(15)11-5-3-8-7-9(13)4-6-10(8)14-11;1-2-15(7-5-13)8-9-16-10-4-3-6-14-11(10)12/h2*3-9,14H,2,10-13H2,1H3,(H,25,28);3-7H,2H2,1H3;3-4,6H,2,5,7-9,13H2,1H3. The van der Waals surface area contributed by atoms with E-state index in [1.807, 2.05) is 86.6 Å². The van der Waals surface area contributed by atoms with E-state index in [2.05, 4.69) is 130 Å². The Kier molecular flexibility index (Phi) is 31.4. The van der Waals surface area contributed by atoms with Gasteiger partial charge >= 0.3 is 5.97 Å². The molecule has 19 nitrogen and oxygen atoms in total. The van der Waals surface area contributed by atoms with Crippen LogP contribution in [-0.4, -0.2) is 167 Å². The van der Waals surface area contributed by atoms with Crippen molar-refractivity contribution in [2.24, 2.45) is 5.73 Å². The van der Waals surface area contributed by atoms with E-state index in [1.54, 1.807) is 61.5 Å². The summed E-state index contributed by atoms with van der Waals surface area (Å²) >= 11 is 6.74. The van der Waals surface area contributed by atoms with Crippen molar-refractivity contribution in [2.45, 2.75) is 27.7 Å². The third kappa shape index (κ3) is 24.3. The molecular formula is C65H72F3I3N12O7. The largest absolute Gasteiger partial charge is 0.487 e. The van der Waals surface area contributed by atoms with Crippen molar-refractivity contribution in [3.8, 4) is 17.2 Å². The van der Waals surface area contributed by atoms with Crippen LogP contribution in [0.2, 0.25) is 0 Å². The zero-order valence-electron chi connectivity index (χ0n) is 50.4. The molecule has 90 heavy (non-hydrogen) atoms. The van der Waals surface area contributed by atoms with Crippen molar-refractivity contribution in [3.63, 3.8) is 0 Å². The van der Waals surface area contributed by atoms with Crippen LogP contribution in [0.4, 0.5) is 13.2 Å². The fraction of sp³-hybridized carbons (Fsp3) is 0.308. The smallest absolute Gasteiger partial charge is 0.356 e. The molecule has 2 amide bonds. The average molecular weight is 1570 g/mol. The summed E-state index contributed by atoms with van der Waals surface area (Å²) in [6, 6.07) is 38.2. The molecule has 0 aliphatic carbocycles. The van der Waals surface area contributed by atoms with Gasteiger partial charge in [0.25, 0.3) is 29.7 Å². The van der Waals surface area contributed by atoms with Crippen LogP contribution in [0, 0.1) is 28.6 Å². The molecule has 0 aliphatic heterocycles. The van der Waals surface area contributed by atoms with Gasteiger partial charge in [0.1, 0.15) is 36.9 Å². The van der Waals surface area contributed by atoms with Gasteiger partial charge < -0.3 is 35.3 Å². The second kappa shape index (κ2) is 39.3. The molecule has 0 atom stereocenters. The molecule has 9 aromatic rings. The van der Waals surface area contributed by atoms with Crippen molar-refractivity contribution >= 4 is 118 Å². The highest BCUT2D eigenvalue weighted by molar-refractivity contribution is 14.1. The number of pyridine rings is 6. The van der Waals surface area contributed by atoms with Gasteiger partial charge in [0.05, 0.1) is 23.2 Å². The fourth-order valence-corrected chi connectivity index (χ4v) is 10.0. The van der Waals surface area contributed by atoms with Gasteiger partial charge in [-0.15, -0.1) is 0 Å². The number of carbonyl (C=O) groups is 3. The minimum Gasteiger partial charge on any atom is -0.487 e. The lowest BCUT2D eigenvalue weighted by molar-refractivity contribution is 0.0519. The number of fused-ring (bicyclic) bond motifs is 3. The summed E-state index contributed by atoms with van der Waals surface area (Å²) < 4.78 is 64.5. The molecule has 0 spiro atoms. The van der Waals surface area contributed by atoms with Crippen molar-refractivity contribution in [2.75, 3.05) is 105 Å². The molecule has 6 heterocycles. The van der Waals surface area contributed by atoms with Gasteiger partial charge in [-0.3, -0.25) is 24.3 Å². The van der Waals surface area contributed by atoms with Crippen LogP contribution in [0.15, 0.2) is 146 Å². The van der Waals surface area contributed by atoms with E-state index in [0.29, 0.717) is 89.3 Å². The number of rotatable bonds is 27. The molecule has 9 rings (SSSR count). The Labute approximate surface area is 562 Å². The summed E-state index contributed by atoms with van der Waals surface area (Å²) in [5.74, 6) is -2.06. The van der Waals surface area contributed by atoms with Crippen molar-refractivity contribution in [1.29, 1.82) is 0 Å². The Hall–Kier alpha value is -7.03. The first kappa shape index (κ1) is 72.0. The number of aromatic nitrogens is 6. The zero-order chi connectivity index (χ0) is 64.6. The first-order valence-corrected chi connectivity index (χ1v) is 32.3. The van der Waals surface area contributed by atoms with Gasteiger partial charge in [0.15, 0.2) is 17.2 Å². The highest BCUT2D eigenvalue weighted by Crippen LogP contribution is 2.20. The number of amides is 2. The second-order valence-electron chi connectivity index (χ2n) is 19.3. The fourth-order valence-electron chi connectivity index (χ4n) is 8.45. The number of nitrogens with two attached hydrogens (primary N) is 1. The van der Waals surface area contributed by atoms with Gasteiger partial charge in [-0.05, 0) is 204 Å². The topological polar surface area (TPSA) is 225 Å². The Morgan fingerprint density at radius 1 is 0.467 bits per heavy atom. The number of hydrogen-bond acceptors (Lipinski definition) is 17. The molecule has 25 heteroatoms. The van der Waals surface area contributed by atoms with Crippen LogP contribution in [-0.2, 0) is 4.74 Å². The maximum Gasteiger partial charge on any atom is 0.356 e. The number of hydrogen-bond donors (Lipinski definition) is 3. The molecule has 476 valence electrons. The number of carbonyl (C=O) groups excluding carboxylic acids is 3. The number of halogens is 6. The van der Waals surface area contributed by atoms with Crippen LogP contribution in [0.25, 0.3) is 32.7 Å². The van der Waals surface area contributed by atoms with Crippen LogP contribution < -0.4 is 30.6 Å². The number of ether oxygens (including phenoxy) is 4. The molecule has 0 fully saturated rings. The van der Waals surface area contributed by atoms with Crippen LogP contribution in [0.5, 0.6) is 17.2 Å². The minimum atomic E-state index is -0.611. The lowest BCUT2D eigenvalue weighted by Crippen LogP contribution is -2.37. The highest BCUT2D eigenvalue weighted by Gasteiger charge is 2.14. The Balaban J connectivity index is 0.000000198. The summed E-state index contributed by atoms with van der Waals surface area (Å²) in [6.07, 6.45) is 4.16. The van der Waals surface area contributed by atoms with E-state index in [1.165, 1.54) is 18.6 Å². The zero-order valence-corrected chi connectivity index (χ0v) is 56.9. The van der Waals surface area contributed by atoms with Crippen LogP contribution >= 0.6 is 67.8 Å². The van der Waals surface area contributed by atoms with Crippen molar-refractivity contribution in [3.05, 3.63) is 192 Å². The molecule has 6 aromatic heterocycles. The molecule has 0 saturated heterocycles. The minimum absolute atomic E-state index is 0.147. The lowest BCUT2D eigenvalue weighted by atomic mass is 10.2. The quantitative estimate of drug-likeness (QED) is 0.0247. The van der Waals surface area contributed by atoms with E-state index >= 15 is 0 Å². The molecule has 0 unspecified atom stereocenters.